The average molecular weight is 478 g/mol. The number of halogens is 1. The lowest BCUT2D eigenvalue weighted by atomic mass is 10.3. The fourth-order valence-corrected chi connectivity index (χ4v) is 3.52. The van der Waals surface area contributed by atoms with E-state index in [1.165, 1.54) is 9.83 Å². The van der Waals surface area contributed by atoms with Gasteiger partial charge < -0.3 is 10.1 Å². The van der Waals surface area contributed by atoms with Crippen molar-refractivity contribution in [1.82, 2.24) is 14.8 Å². The summed E-state index contributed by atoms with van der Waals surface area (Å²) in [7, 11) is 0. The summed E-state index contributed by atoms with van der Waals surface area (Å²) < 4.78 is 8.49. The molecule has 0 amide bonds. The van der Waals surface area contributed by atoms with Gasteiger partial charge in [-0.1, -0.05) is 36.5 Å². The zero-order valence-electron chi connectivity index (χ0n) is 14.1. The predicted molar refractivity (Wildman–Crippen MR) is 115 cm³/mol. The predicted octanol–water partition coefficient (Wildman–Crippen LogP) is 4.74. The molecule has 0 aliphatic carbocycles. The van der Waals surface area contributed by atoms with Crippen molar-refractivity contribution in [1.29, 1.82) is 0 Å². The van der Waals surface area contributed by atoms with E-state index in [0.717, 1.165) is 28.1 Å². The first-order valence-corrected chi connectivity index (χ1v) is 10.2. The van der Waals surface area contributed by atoms with Crippen molar-refractivity contribution < 1.29 is 4.74 Å². The molecule has 0 saturated carbocycles. The van der Waals surface area contributed by atoms with Gasteiger partial charge in [0.05, 0.1) is 19.4 Å². The molecule has 0 aliphatic rings. The van der Waals surface area contributed by atoms with Crippen LogP contribution < -0.4 is 5.32 Å². The molecule has 3 rings (SSSR count). The summed E-state index contributed by atoms with van der Waals surface area (Å²) in [6, 6.07) is 18.4. The van der Waals surface area contributed by atoms with Crippen molar-refractivity contribution >= 4 is 40.0 Å². The Labute approximate surface area is 171 Å². The number of benzene rings is 2. The molecule has 5 nitrogen and oxygen atoms in total. The number of ether oxygens (including phenoxy) is 1. The molecule has 0 bridgehead atoms. The van der Waals surface area contributed by atoms with Gasteiger partial charge in [0, 0.05) is 20.7 Å². The van der Waals surface area contributed by atoms with E-state index in [-0.39, 0.29) is 0 Å². The first kappa shape index (κ1) is 18.8. The summed E-state index contributed by atoms with van der Waals surface area (Å²) in [4.78, 5) is 0. The topological polar surface area (TPSA) is 52.0 Å². The zero-order valence-corrected chi connectivity index (χ0v) is 17.1. The molecule has 0 saturated heterocycles. The summed E-state index contributed by atoms with van der Waals surface area (Å²) in [6.07, 6.45) is 1.46. The van der Waals surface area contributed by atoms with Crippen LogP contribution in [0.1, 0.15) is 5.82 Å². The van der Waals surface area contributed by atoms with Crippen molar-refractivity contribution in [3.8, 4) is 5.69 Å². The summed E-state index contributed by atoms with van der Waals surface area (Å²) >= 11 is 3.91. The van der Waals surface area contributed by atoms with Crippen LogP contribution in [0.2, 0.25) is 0 Å². The largest absolute Gasteiger partial charge is 0.501 e. The Kier molecular flexibility index (Phi) is 6.96. The number of aromatic nitrogens is 3. The van der Waals surface area contributed by atoms with Crippen molar-refractivity contribution in [2.75, 3.05) is 17.7 Å². The monoisotopic (exact) mass is 478 g/mol. The number of hydrogen-bond acceptors (Lipinski definition) is 5. The minimum absolute atomic E-state index is 0.589. The van der Waals surface area contributed by atoms with Crippen LogP contribution in [0.4, 0.5) is 5.69 Å². The number of rotatable bonds is 9. The maximum absolute atomic E-state index is 5.20. The number of thioether (sulfide) groups is 1. The van der Waals surface area contributed by atoms with Crippen LogP contribution in [0.15, 0.2) is 72.6 Å². The molecule has 1 aromatic heterocycles. The third kappa shape index (κ3) is 5.01. The molecule has 3 aromatic rings. The molecule has 7 heteroatoms. The average Bonchev–Trinajstić information content (AvgIpc) is 3.08. The third-order valence-corrected chi connectivity index (χ3v) is 5.17. The van der Waals surface area contributed by atoms with Gasteiger partial charge in [-0.25, -0.2) is 0 Å². The van der Waals surface area contributed by atoms with Gasteiger partial charge in [0.25, 0.3) is 0 Å². The Balaban J connectivity index is 1.78. The van der Waals surface area contributed by atoms with Gasteiger partial charge in [0.15, 0.2) is 11.0 Å². The van der Waals surface area contributed by atoms with Crippen LogP contribution in [-0.4, -0.2) is 27.1 Å². The van der Waals surface area contributed by atoms with Crippen molar-refractivity contribution in [2.24, 2.45) is 0 Å². The maximum atomic E-state index is 5.20. The van der Waals surface area contributed by atoms with E-state index in [1.807, 2.05) is 18.2 Å². The molecule has 2 aromatic carbocycles. The molecule has 0 aliphatic heterocycles. The summed E-state index contributed by atoms with van der Waals surface area (Å²) in [5.74, 6) is 1.64. The molecule has 0 fully saturated rings. The van der Waals surface area contributed by atoms with Crippen LogP contribution >= 0.6 is 34.4 Å². The molecule has 1 heterocycles. The Bertz CT molecular complexity index is 837. The molecule has 1 N–H and O–H groups in total. The highest BCUT2D eigenvalue weighted by Crippen LogP contribution is 2.22. The van der Waals surface area contributed by atoms with Gasteiger partial charge in [-0.15, -0.1) is 10.2 Å². The van der Waals surface area contributed by atoms with Crippen LogP contribution in [-0.2, 0) is 11.3 Å². The van der Waals surface area contributed by atoms with E-state index < -0.39 is 0 Å². The maximum Gasteiger partial charge on any atom is 0.196 e. The second-order valence-electron chi connectivity index (χ2n) is 5.32. The number of para-hydroxylation sites is 1. The summed E-state index contributed by atoms with van der Waals surface area (Å²) in [5, 5.41) is 13.0. The minimum atomic E-state index is 0.589. The number of nitrogens with one attached hydrogen (secondary N) is 1. The van der Waals surface area contributed by atoms with E-state index in [1.54, 1.807) is 11.8 Å². The van der Waals surface area contributed by atoms with Gasteiger partial charge in [-0.3, -0.25) is 4.57 Å². The Morgan fingerprint density at radius 1 is 1.12 bits per heavy atom. The van der Waals surface area contributed by atoms with Gasteiger partial charge in [-0.05, 0) is 59.0 Å². The number of anilines is 1. The number of hydrogen-bond donors (Lipinski definition) is 1. The third-order valence-electron chi connectivity index (χ3n) is 3.56. The lowest BCUT2D eigenvalue weighted by Crippen LogP contribution is -2.08. The summed E-state index contributed by atoms with van der Waals surface area (Å²) in [6.45, 7) is 4.74. The molecule has 0 unspecified atom stereocenters. The Hall–Kier alpha value is -2.00. The smallest absolute Gasteiger partial charge is 0.196 e. The quantitative estimate of drug-likeness (QED) is 0.209. The van der Waals surface area contributed by atoms with E-state index in [0.29, 0.717) is 13.2 Å². The van der Waals surface area contributed by atoms with Crippen LogP contribution in [0.5, 0.6) is 0 Å². The normalized spacial score (nSPS) is 10.5. The molecule has 0 radical (unpaired) electrons. The molecular formula is C19H19IN4OS. The lowest BCUT2D eigenvalue weighted by molar-refractivity contribution is 0.274. The Morgan fingerprint density at radius 2 is 1.88 bits per heavy atom. The zero-order chi connectivity index (χ0) is 18.2. The van der Waals surface area contributed by atoms with Crippen LogP contribution in [0.25, 0.3) is 5.69 Å². The molecule has 26 heavy (non-hydrogen) atoms. The molecule has 0 atom stereocenters. The molecule has 134 valence electrons. The van der Waals surface area contributed by atoms with E-state index in [2.05, 4.69) is 85.6 Å². The van der Waals surface area contributed by atoms with Crippen molar-refractivity contribution in [3.63, 3.8) is 0 Å². The molecular weight excluding hydrogens is 459 g/mol. The van der Waals surface area contributed by atoms with Crippen LogP contribution in [0, 0.1) is 3.57 Å². The second-order valence-corrected chi connectivity index (χ2v) is 7.62. The van der Waals surface area contributed by atoms with Crippen molar-refractivity contribution in [3.05, 3.63) is 76.8 Å². The summed E-state index contributed by atoms with van der Waals surface area (Å²) in [5.41, 5.74) is 2.10. The van der Waals surface area contributed by atoms with Crippen molar-refractivity contribution in [2.45, 2.75) is 11.7 Å². The highest BCUT2D eigenvalue weighted by Gasteiger charge is 2.14. The van der Waals surface area contributed by atoms with Gasteiger partial charge in [-0.2, -0.15) is 0 Å². The van der Waals surface area contributed by atoms with E-state index in [9.17, 15) is 0 Å². The lowest BCUT2D eigenvalue weighted by Gasteiger charge is -2.11. The first-order valence-electron chi connectivity index (χ1n) is 8.12. The minimum Gasteiger partial charge on any atom is -0.501 e. The Morgan fingerprint density at radius 3 is 2.62 bits per heavy atom. The second kappa shape index (κ2) is 9.63. The number of nitrogens with zero attached hydrogens (tertiary/aromatic N) is 3. The van der Waals surface area contributed by atoms with Gasteiger partial charge >= 0.3 is 0 Å². The van der Waals surface area contributed by atoms with Gasteiger partial charge in [0.2, 0.25) is 0 Å². The molecule has 0 spiro atoms. The fourth-order valence-electron chi connectivity index (χ4n) is 2.36. The highest BCUT2D eigenvalue weighted by molar-refractivity contribution is 14.1. The highest BCUT2D eigenvalue weighted by atomic mass is 127. The SMILES string of the molecule is C=COCCSc1nnc(CNc2ccc(I)cc2)n1-c1ccccc1. The fraction of sp³-hybridized carbons (Fsp3) is 0.158. The van der Waals surface area contributed by atoms with Crippen LogP contribution in [0.3, 0.4) is 0 Å². The van der Waals surface area contributed by atoms with Gasteiger partial charge in [0.1, 0.15) is 0 Å². The van der Waals surface area contributed by atoms with E-state index in [4.69, 9.17) is 4.74 Å². The first-order chi connectivity index (χ1) is 12.8. The standard InChI is InChI=1S/C19H19IN4OS/c1-2-25-12-13-26-19-23-22-18(24(19)17-6-4-3-5-7-17)14-21-16-10-8-15(20)9-11-16/h2-11,21H,1,12-14H2. The van der Waals surface area contributed by atoms with E-state index >= 15 is 0 Å².